The van der Waals surface area contributed by atoms with E-state index in [0.29, 0.717) is 11.0 Å². The highest BCUT2D eigenvalue weighted by Crippen LogP contribution is 2.65. The second kappa shape index (κ2) is 6.12. The molecule has 27 heavy (non-hydrogen) atoms. The highest BCUT2D eigenvalue weighted by molar-refractivity contribution is 5.87. The summed E-state index contributed by atoms with van der Waals surface area (Å²) in [7, 11) is 0. The van der Waals surface area contributed by atoms with Crippen molar-refractivity contribution in [1.82, 2.24) is 0 Å². The lowest BCUT2D eigenvalue weighted by Crippen LogP contribution is -2.55. The van der Waals surface area contributed by atoms with Gasteiger partial charge in [-0.3, -0.25) is 0 Å². The molecule has 0 heterocycles. The molecule has 3 heteroatoms. The summed E-state index contributed by atoms with van der Waals surface area (Å²) in [4.78, 5) is 11.0. The molecule has 4 fully saturated rings. The van der Waals surface area contributed by atoms with Gasteiger partial charge in [0.15, 0.2) is 0 Å². The van der Waals surface area contributed by atoms with Crippen molar-refractivity contribution in [1.29, 1.82) is 0 Å². The Labute approximate surface area is 160 Å². The van der Waals surface area contributed by atoms with Crippen LogP contribution in [0.4, 0.5) is 0 Å². The van der Waals surface area contributed by atoms with Crippen molar-refractivity contribution in [3.8, 4) is 5.75 Å². The van der Waals surface area contributed by atoms with Crippen LogP contribution in [-0.4, -0.2) is 17.7 Å². The minimum atomic E-state index is -0.896. The lowest BCUT2D eigenvalue weighted by molar-refractivity contribution is -0.0913. The molecule has 140 valence electrons. The maximum absolute atomic E-state index is 11.0. The molecule has 0 saturated heterocycles. The molecule has 4 bridgehead atoms. The largest absolute Gasteiger partial charge is 0.493 e. The monoisotopic (exact) mass is 362 g/mol. The molecule has 3 nitrogen and oxygen atoms in total. The highest BCUT2D eigenvalue weighted by Gasteiger charge is 2.58. The van der Waals surface area contributed by atoms with Crippen LogP contribution in [-0.2, 0) is 5.41 Å². The molecule has 0 aromatic heterocycles. The number of benzene rings is 2. The summed E-state index contributed by atoms with van der Waals surface area (Å²) in [6.07, 6.45) is 7.86. The van der Waals surface area contributed by atoms with Crippen molar-refractivity contribution in [3.05, 3.63) is 65.7 Å². The topological polar surface area (TPSA) is 46.5 Å². The number of ether oxygens (including phenoxy) is 1. The molecule has 2 aromatic carbocycles. The SMILES string of the molecule is O=C(O)c1ccc(OCC23CC4CC(C2)CC(c2ccccc2)(C4)C3)cc1. The standard InChI is InChI=1S/C24H26O3/c25-22(26)19-6-8-21(9-7-19)27-16-23-11-17-10-18(12-23)14-24(13-17,15-23)20-4-2-1-3-5-20/h1-9,17-18H,10-16H2,(H,25,26). The molecule has 4 aliphatic rings. The van der Waals surface area contributed by atoms with Gasteiger partial charge < -0.3 is 9.84 Å². The van der Waals surface area contributed by atoms with Crippen molar-refractivity contribution >= 4 is 5.97 Å². The van der Waals surface area contributed by atoms with Crippen molar-refractivity contribution < 1.29 is 14.6 Å². The Morgan fingerprint density at radius 3 is 2.26 bits per heavy atom. The fourth-order valence-electron chi connectivity index (χ4n) is 6.68. The minimum absolute atomic E-state index is 0.269. The van der Waals surface area contributed by atoms with Gasteiger partial charge in [0.05, 0.1) is 12.2 Å². The zero-order valence-corrected chi connectivity index (χ0v) is 15.6. The average molecular weight is 362 g/mol. The van der Waals surface area contributed by atoms with Crippen LogP contribution in [0.2, 0.25) is 0 Å². The second-order valence-electron chi connectivity index (χ2n) is 9.23. The molecule has 0 radical (unpaired) electrons. The normalized spacial score (nSPS) is 33.8. The zero-order valence-electron chi connectivity index (χ0n) is 15.6. The number of aromatic carboxylic acids is 1. The van der Waals surface area contributed by atoms with Crippen LogP contribution in [0.15, 0.2) is 54.6 Å². The molecular weight excluding hydrogens is 336 g/mol. The van der Waals surface area contributed by atoms with Crippen molar-refractivity contribution in [3.63, 3.8) is 0 Å². The van der Waals surface area contributed by atoms with Gasteiger partial charge in [0.25, 0.3) is 0 Å². The summed E-state index contributed by atoms with van der Waals surface area (Å²) in [5.74, 6) is 1.53. The Bertz CT molecular complexity index is 826. The van der Waals surface area contributed by atoms with Gasteiger partial charge in [-0.05, 0) is 85.6 Å². The van der Waals surface area contributed by atoms with Gasteiger partial charge in [0.2, 0.25) is 0 Å². The van der Waals surface area contributed by atoms with Gasteiger partial charge in [-0.2, -0.15) is 0 Å². The van der Waals surface area contributed by atoms with Crippen LogP contribution < -0.4 is 4.74 Å². The summed E-state index contributed by atoms with van der Waals surface area (Å²) < 4.78 is 6.21. The molecule has 2 atom stereocenters. The first-order valence-corrected chi connectivity index (χ1v) is 10.1. The molecule has 4 saturated carbocycles. The molecule has 2 unspecified atom stereocenters. The number of rotatable bonds is 5. The van der Waals surface area contributed by atoms with Gasteiger partial charge in [-0.1, -0.05) is 30.3 Å². The molecule has 6 rings (SSSR count). The van der Waals surface area contributed by atoms with Gasteiger partial charge in [-0.25, -0.2) is 4.79 Å². The first-order chi connectivity index (χ1) is 13.1. The van der Waals surface area contributed by atoms with E-state index in [0.717, 1.165) is 24.2 Å². The Balaban J connectivity index is 1.37. The summed E-state index contributed by atoms with van der Waals surface area (Å²) in [6.45, 7) is 0.751. The number of hydrogen-bond acceptors (Lipinski definition) is 2. The molecule has 0 spiro atoms. The fraction of sp³-hybridized carbons (Fsp3) is 0.458. The molecule has 1 N–H and O–H groups in total. The van der Waals surface area contributed by atoms with Crippen LogP contribution in [0.1, 0.15) is 54.4 Å². The lowest BCUT2D eigenvalue weighted by Gasteiger charge is -2.62. The predicted octanol–water partition coefficient (Wildman–Crippen LogP) is 5.30. The number of carboxylic acid groups (broad SMARTS) is 1. The summed E-state index contributed by atoms with van der Waals surface area (Å²) in [6, 6.07) is 18.0. The molecule has 4 aliphatic carbocycles. The third-order valence-corrected chi connectivity index (χ3v) is 7.21. The van der Waals surface area contributed by atoms with E-state index >= 15 is 0 Å². The summed E-state index contributed by atoms with van der Waals surface area (Å²) in [5.41, 5.74) is 2.43. The number of carboxylic acids is 1. The number of carbonyl (C=O) groups is 1. The summed E-state index contributed by atoms with van der Waals surface area (Å²) in [5, 5.41) is 9.06. The van der Waals surface area contributed by atoms with E-state index in [1.807, 2.05) is 0 Å². The maximum atomic E-state index is 11.0. The predicted molar refractivity (Wildman–Crippen MR) is 104 cm³/mol. The van der Waals surface area contributed by atoms with Gasteiger partial charge >= 0.3 is 5.97 Å². The van der Waals surface area contributed by atoms with Crippen LogP contribution >= 0.6 is 0 Å². The van der Waals surface area contributed by atoms with E-state index in [1.54, 1.807) is 24.3 Å². The van der Waals surface area contributed by atoms with Crippen LogP contribution in [0.25, 0.3) is 0 Å². The van der Waals surface area contributed by atoms with Gasteiger partial charge in [0, 0.05) is 5.41 Å². The van der Waals surface area contributed by atoms with Crippen molar-refractivity contribution in [2.75, 3.05) is 6.61 Å². The zero-order chi connectivity index (χ0) is 18.5. The fourth-order valence-corrected chi connectivity index (χ4v) is 6.68. The smallest absolute Gasteiger partial charge is 0.335 e. The molecular formula is C24H26O3. The van der Waals surface area contributed by atoms with E-state index in [-0.39, 0.29) is 5.41 Å². The molecule has 0 amide bonds. The minimum Gasteiger partial charge on any atom is -0.493 e. The summed E-state index contributed by atoms with van der Waals surface area (Å²) >= 11 is 0. The first kappa shape index (κ1) is 16.9. The van der Waals surface area contributed by atoms with E-state index in [9.17, 15) is 4.79 Å². The van der Waals surface area contributed by atoms with Crippen LogP contribution in [0.3, 0.4) is 0 Å². The van der Waals surface area contributed by atoms with E-state index in [4.69, 9.17) is 9.84 Å². The van der Waals surface area contributed by atoms with Crippen molar-refractivity contribution in [2.24, 2.45) is 17.3 Å². The Hall–Kier alpha value is -2.29. The van der Waals surface area contributed by atoms with Crippen LogP contribution in [0, 0.1) is 17.3 Å². The van der Waals surface area contributed by atoms with E-state index in [2.05, 4.69) is 30.3 Å². The molecule has 0 aliphatic heterocycles. The molecule has 2 aromatic rings. The Kier molecular flexibility index (Phi) is 3.82. The second-order valence-corrected chi connectivity index (χ2v) is 9.23. The quantitative estimate of drug-likeness (QED) is 0.785. The van der Waals surface area contributed by atoms with Gasteiger partial charge in [-0.15, -0.1) is 0 Å². The number of hydrogen-bond donors (Lipinski definition) is 1. The highest BCUT2D eigenvalue weighted by atomic mass is 16.5. The van der Waals surface area contributed by atoms with E-state index < -0.39 is 5.97 Å². The Morgan fingerprint density at radius 2 is 1.63 bits per heavy atom. The first-order valence-electron chi connectivity index (χ1n) is 10.1. The third-order valence-electron chi connectivity index (χ3n) is 7.21. The van der Waals surface area contributed by atoms with E-state index in [1.165, 1.54) is 44.1 Å². The lowest BCUT2D eigenvalue weighted by atomic mass is 9.43. The maximum Gasteiger partial charge on any atom is 0.335 e. The van der Waals surface area contributed by atoms with Crippen molar-refractivity contribution in [2.45, 2.75) is 43.9 Å². The average Bonchev–Trinajstić information content (AvgIpc) is 2.66. The Morgan fingerprint density at radius 1 is 0.963 bits per heavy atom. The van der Waals surface area contributed by atoms with Gasteiger partial charge in [0.1, 0.15) is 5.75 Å². The van der Waals surface area contributed by atoms with Crippen LogP contribution in [0.5, 0.6) is 5.75 Å². The third kappa shape index (κ3) is 2.93.